The molecule has 0 saturated carbocycles. The monoisotopic (exact) mass is 402 g/mol. The van der Waals surface area contributed by atoms with Crippen molar-refractivity contribution in [3.63, 3.8) is 0 Å². The van der Waals surface area contributed by atoms with Gasteiger partial charge in [-0.25, -0.2) is 0 Å². The van der Waals surface area contributed by atoms with Gasteiger partial charge in [-0.15, -0.1) is 0 Å². The first-order valence-electron chi connectivity index (χ1n) is 9.81. The van der Waals surface area contributed by atoms with E-state index in [1.54, 1.807) is 13.2 Å². The van der Waals surface area contributed by atoms with E-state index >= 15 is 0 Å². The highest BCUT2D eigenvalue weighted by molar-refractivity contribution is 5.96. The summed E-state index contributed by atoms with van der Waals surface area (Å²) in [6.07, 6.45) is 0. The Morgan fingerprint density at radius 3 is 2.17 bits per heavy atom. The predicted molar refractivity (Wildman–Crippen MR) is 118 cm³/mol. The number of aryl methyl sites for hydroxylation is 2. The standard InChI is InChI=1S/C25H26N2O3/c1-17-9-10-21(15-18(17)2)25(29)26-16-23(28)27-24(19-7-5-4-6-8-19)20-11-13-22(30-3)14-12-20/h4-15,24H,16H2,1-3H3,(H,26,29)(H,27,28). The first kappa shape index (κ1) is 21.1. The molecule has 0 radical (unpaired) electrons. The molecule has 30 heavy (non-hydrogen) atoms. The molecule has 5 heteroatoms. The molecule has 0 aromatic heterocycles. The van der Waals surface area contributed by atoms with Crippen molar-refractivity contribution in [3.05, 3.63) is 101 Å². The molecule has 0 aliphatic heterocycles. The Labute approximate surface area is 177 Å². The number of rotatable bonds is 7. The van der Waals surface area contributed by atoms with Crippen LogP contribution in [0.4, 0.5) is 0 Å². The minimum Gasteiger partial charge on any atom is -0.497 e. The van der Waals surface area contributed by atoms with E-state index in [-0.39, 0.29) is 24.4 Å². The van der Waals surface area contributed by atoms with Gasteiger partial charge in [-0.2, -0.15) is 0 Å². The van der Waals surface area contributed by atoms with Crippen LogP contribution in [0, 0.1) is 13.8 Å². The highest BCUT2D eigenvalue weighted by Gasteiger charge is 2.17. The normalized spacial score (nSPS) is 11.4. The van der Waals surface area contributed by atoms with Crippen LogP contribution in [0.1, 0.15) is 38.7 Å². The second-order valence-corrected chi connectivity index (χ2v) is 7.17. The van der Waals surface area contributed by atoms with Gasteiger partial charge in [-0.3, -0.25) is 9.59 Å². The lowest BCUT2D eigenvalue weighted by Gasteiger charge is -2.20. The van der Waals surface area contributed by atoms with Crippen LogP contribution in [0.3, 0.4) is 0 Å². The first-order chi connectivity index (χ1) is 14.5. The fraction of sp³-hybridized carbons (Fsp3) is 0.200. The molecule has 0 bridgehead atoms. The van der Waals surface area contributed by atoms with E-state index in [1.807, 2.05) is 80.6 Å². The predicted octanol–water partition coefficient (Wildman–Crippen LogP) is 3.95. The van der Waals surface area contributed by atoms with Crippen molar-refractivity contribution in [1.29, 1.82) is 0 Å². The zero-order chi connectivity index (χ0) is 21.5. The van der Waals surface area contributed by atoms with Gasteiger partial charge in [0.05, 0.1) is 19.7 Å². The number of amides is 2. The molecule has 0 fully saturated rings. The summed E-state index contributed by atoms with van der Waals surface area (Å²) in [6, 6.07) is 22.4. The molecule has 0 saturated heterocycles. The van der Waals surface area contributed by atoms with Crippen LogP contribution in [-0.2, 0) is 4.79 Å². The minimum absolute atomic E-state index is 0.106. The Morgan fingerprint density at radius 2 is 1.53 bits per heavy atom. The van der Waals surface area contributed by atoms with Crippen molar-refractivity contribution in [2.45, 2.75) is 19.9 Å². The largest absolute Gasteiger partial charge is 0.497 e. The van der Waals surface area contributed by atoms with Crippen molar-refractivity contribution in [2.75, 3.05) is 13.7 Å². The molecular weight excluding hydrogens is 376 g/mol. The summed E-state index contributed by atoms with van der Waals surface area (Å²) >= 11 is 0. The quantitative estimate of drug-likeness (QED) is 0.629. The van der Waals surface area contributed by atoms with Crippen molar-refractivity contribution in [2.24, 2.45) is 0 Å². The molecule has 1 atom stereocenters. The van der Waals surface area contributed by atoms with Gasteiger partial charge >= 0.3 is 0 Å². The summed E-state index contributed by atoms with van der Waals surface area (Å²) in [5.74, 6) is 0.211. The summed E-state index contributed by atoms with van der Waals surface area (Å²) in [6.45, 7) is 3.84. The third-order valence-electron chi connectivity index (χ3n) is 5.07. The number of hydrogen-bond acceptors (Lipinski definition) is 3. The van der Waals surface area contributed by atoms with Crippen LogP contribution >= 0.6 is 0 Å². The molecule has 5 nitrogen and oxygen atoms in total. The van der Waals surface area contributed by atoms with E-state index in [1.165, 1.54) is 0 Å². The van der Waals surface area contributed by atoms with Gasteiger partial charge in [-0.05, 0) is 60.4 Å². The van der Waals surface area contributed by atoms with Crippen molar-refractivity contribution < 1.29 is 14.3 Å². The Bertz CT molecular complexity index is 1010. The highest BCUT2D eigenvalue weighted by Crippen LogP contribution is 2.24. The fourth-order valence-electron chi connectivity index (χ4n) is 3.16. The van der Waals surface area contributed by atoms with Crippen LogP contribution in [0.2, 0.25) is 0 Å². The van der Waals surface area contributed by atoms with Gasteiger partial charge in [0.2, 0.25) is 5.91 Å². The lowest BCUT2D eigenvalue weighted by atomic mass is 9.98. The van der Waals surface area contributed by atoms with Gasteiger partial charge in [0.15, 0.2) is 0 Å². The second-order valence-electron chi connectivity index (χ2n) is 7.17. The topological polar surface area (TPSA) is 67.4 Å². The van der Waals surface area contributed by atoms with Crippen LogP contribution in [0.5, 0.6) is 5.75 Å². The van der Waals surface area contributed by atoms with E-state index in [0.29, 0.717) is 5.56 Å². The number of methoxy groups -OCH3 is 1. The van der Waals surface area contributed by atoms with Gasteiger partial charge in [0.1, 0.15) is 5.75 Å². The molecule has 0 heterocycles. The van der Waals surface area contributed by atoms with Gasteiger partial charge in [-0.1, -0.05) is 48.5 Å². The van der Waals surface area contributed by atoms with Gasteiger partial charge in [0, 0.05) is 5.56 Å². The van der Waals surface area contributed by atoms with Crippen LogP contribution < -0.4 is 15.4 Å². The maximum Gasteiger partial charge on any atom is 0.251 e. The molecule has 1 unspecified atom stereocenters. The van der Waals surface area contributed by atoms with Gasteiger partial charge in [0.25, 0.3) is 5.91 Å². The van der Waals surface area contributed by atoms with Crippen molar-refractivity contribution in [3.8, 4) is 5.75 Å². The van der Waals surface area contributed by atoms with Crippen molar-refractivity contribution >= 4 is 11.8 Å². The molecule has 3 aromatic carbocycles. The van der Waals surface area contributed by atoms with E-state index < -0.39 is 0 Å². The maximum atomic E-state index is 12.6. The Hall–Kier alpha value is -3.60. The fourth-order valence-corrected chi connectivity index (χ4v) is 3.16. The number of nitrogens with one attached hydrogen (secondary N) is 2. The van der Waals surface area contributed by atoms with Gasteiger partial charge < -0.3 is 15.4 Å². The number of carbonyl (C=O) groups is 2. The summed E-state index contributed by atoms with van der Waals surface area (Å²) in [5.41, 5.74) is 4.58. The molecule has 2 N–H and O–H groups in total. The summed E-state index contributed by atoms with van der Waals surface area (Å²) in [5, 5.41) is 5.72. The molecule has 3 rings (SSSR count). The molecule has 154 valence electrons. The number of benzene rings is 3. The summed E-state index contributed by atoms with van der Waals surface area (Å²) < 4.78 is 5.22. The molecule has 0 aliphatic carbocycles. The van der Waals surface area contributed by atoms with Crippen LogP contribution in [-0.4, -0.2) is 25.5 Å². The number of carbonyl (C=O) groups excluding carboxylic acids is 2. The minimum atomic E-state index is -0.330. The highest BCUT2D eigenvalue weighted by atomic mass is 16.5. The second kappa shape index (κ2) is 9.74. The first-order valence-corrected chi connectivity index (χ1v) is 9.81. The average Bonchev–Trinajstić information content (AvgIpc) is 2.78. The Morgan fingerprint density at radius 1 is 0.867 bits per heavy atom. The SMILES string of the molecule is COc1ccc(C(NC(=O)CNC(=O)c2ccc(C)c(C)c2)c2ccccc2)cc1. The third-order valence-corrected chi connectivity index (χ3v) is 5.07. The van der Waals surface area contributed by atoms with E-state index in [0.717, 1.165) is 28.0 Å². The maximum absolute atomic E-state index is 12.6. The Balaban J connectivity index is 1.70. The number of ether oxygens (including phenoxy) is 1. The van der Waals surface area contributed by atoms with E-state index in [9.17, 15) is 9.59 Å². The summed E-state index contributed by atoms with van der Waals surface area (Å²) in [4.78, 5) is 25.0. The third kappa shape index (κ3) is 5.26. The molecule has 2 amide bonds. The number of hydrogen-bond donors (Lipinski definition) is 2. The lowest BCUT2D eigenvalue weighted by Crippen LogP contribution is -2.39. The van der Waals surface area contributed by atoms with Crippen LogP contribution in [0.25, 0.3) is 0 Å². The zero-order valence-electron chi connectivity index (χ0n) is 17.4. The lowest BCUT2D eigenvalue weighted by molar-refractivity contribution is -0.120. The zero-order valence-corrected chi connectivity index (χ0v) is 17.4. The molecule has 0 aliphatic rings. The van der Waals surface area contributed by atoms with E-state index in [4.69, 9.17) is 4.74 Å². The molecule has 0 spiro atoms. The average molecular weight is 402 g/mol. The van der Waals surface area contributed by atoms with E-state index in [2.05, 4.69) is 10.6 Å². The summed E-state index contributed by atoms with van der Waals surface area (Å²) in [7, 11) is 1.61. The molecule has 3 aromatic rings. The van der Waals surface area contributed by atoms with Crippen molar-refractivity contribution in [1.82, 2.24) is 10.6 Å². The Kier molecular flexibility index (Phi) is 6.86. The van der Waals surface area contributed by atoms with Crippen LogP contribution in [0.15, 0.2) is 72.8 Å². The molecular formula is C25H26N2O3. The smallest absolute Gasteiger partial charge is 0.251 e.